The first-order valence-corrected chi connectivity index (χ1v) is 40.6. The molecule has 8 amide bonds. The number of amides is 8. The number of carbonyl (C=O) groups excluding carboxylic acids is 12. The van der Waals surface area contributed by atoms with Crippen LogP contribution in [-0.2, 0) is 0 Å². The molecule has 132 heavy (non-hydrogen) atoms. The summed E-state index contributed by atoms with van der Waals surface area (Å²) in [6.45, 7) is 1.01. The molecule has 4 N–H and O–H groups in total. The number of benzene rings is 12. The van der Waals surface area contributed by atoms with E-state index in [2.05, 4.69) is 62.2 Å². The first-order valence-electron chi connectivity index (χ1n) is 40.6. The van der Waals surface area contributed by atoms with Crippen LogP contribution in [0.1, 0.15) is 69.1 Å². The first kappa shape index (κ1) is 91.6. The van der Waals surface area contributed by atoms with Crippen molar-refractivity contribution in [2.45, 2.75) is 27.7 Å². The highest BCUT2D eigenvalue weighted by molar-refractivity contribution is 6.02. The third-order valence-corrected chi connectivity index (χ3v) is 19.3. The van der Waals surface area contributed by atoms with Gasteiger partial charge >= 0.3 is 48.7 Å². The van der Waals surface area contributed by atoms with Crippen molar-refractivity contribution >= 4 is 140 Å². The van der Waals surface area contributed by atoms with Gasteiger partial charge in [0.2, 0.25) is 0 Å². The summed E-state index contributed by atoms with van der Waals surface area (Å²) in [5.41, 5.74) is 3.08. The number of azo groups is 4. The van der Waals surface area contributed by atoms with Gasteiger partial charge in [0.1, 0.15) is 23.0 Å². The maximum Gasteiger partial charge on any atom is 0.519 e. The molecule has 1 aliphatic rings. The molecule has 36 nitrogen and oxygen atoms in total. The summed E-state index contributed by atoms with van der Waals surface area (Å²) in [5.74, 6) is -3.22. The predicted octanol–water partition coefficient (Wildman–Crippen LogP) is 22.9. The number of hydrogen-bond donors (Lipinski definition) is 4. The van der Waals surface area contributed by atoms with Crippen molar-refractivity contribution in [3.8, 4) is 46.0 Å². The number of nitrogens with zero attached hydrogens (tertiary/aromatic N) is 12. The second-order valence-electron chi connectivity index (χ2n) is 28.7. The van der Waals surface area contributed by atoms with Gasteiger partial charge in [0.25, 0.3) is 0 Å². The number of ether oxygens (including phenoxy) is 8. The van der Waals surface area contributed by atoms with Gasteiger partial charge in [-0.1, -0.05) is 72.8 Å². The standard InChI is InChI=1S/C96H80N16O20/c1-61(113)65-25-45-85(129-93(121)125-77-37-29-73(30-38-77)105-101-69-17-9-5-10-18-69)81(57-65)97-89(117)109-49-51-110(90(118)98-82-58-66(62(2)114)26-46-86(82)130-94(122)126-78-39-31-74(32-40-78)106-102-70-19-11-6-12-20-70)53-55-112(92(120)100-84-60-68(64(4)116)28-48-88(84)132-96(124)128-80-43-35-76(36-44-80)108-104-72-23-15-8-16-24-72)56-54-111(52-50-109)91(119)99-83-59-67(63(3)115)27-47-87(83)131-95(123)127-79-41-33-75(34-42-79)107-103-71-21-13-7-14-22-71/h5-48,57-60H,49-56H2,1-4H3,(H,97,117)(H,98,118)(H,99,119)(H,100,120). The molecule has 13 rings (SSSR count). The van der Waals surface area contributed by atoms with Crippen LogP contribution in [0.3, 0.4) is 0 Å². The van der Waals surface area contributed by atoms with E-state index < -0.39 is 124 Å². The van der Waals surface area contributed by atoms with Crippen LogP contribution in [0.2, 0.25) is 0 Å². The Hall–Kier alpha value is -18.1. The van der Waals surface area contributed by atoms with Crippen molar-refractivity contribution in [3.05, 3.63) is 313 Å². The third-order valence-electron chi connectivity index (χ3n) is 19.3. The molecule has 12 aromatic carbocycles. The zero-order valence-corrected chi connectivity index (χ0v) is 70.9. The molecule has 664 valence electrons. The summed E-state index contributed by atoms with van der Waals surface area (Å²) < 4.78 is 45.0. The number of hydrogen-bond acceptors (Lipinski definition) is 28. The normalized spacial score (nSPS) is 12.3. The van der Waals surface area contributed by atoms with E-state index >= 15 is 19.2 Å². The van der Waals surface area contributed by atoms with Crippen LogP contribution in [0.15, 0.2) is 332 Å². The largest absolute Gasteiger partial charge is 0.519 e. The van der Waals surface area contributed by atoms with Crippen molar-refractivity contribution in [2.75, 3.05) is 73.6 Å². The van der Waals surface area contributed by atoms with E-state index in [1.165, 1.54) is 198 Å². The van der Waals surface area contributed by atoms with Gasteiger partial charge in [0.15, 0.2) is 46.1 Å². The molecule has 1 fully saturated rings. The number of carbonyl (C=O) groups is 12. The molecule has 0 aromatic heterocycles. The van der Waals surface area contributed by atoms with E-state index in [0.29, 0.717) is 45.5 Å². The third kappa shape index (κ3) is 27.0. The minimum Gasteiger partial charge on any atom is -0.395 e. The molecule has 0 spiro atoms. The molecule has 1 heterocycles. The predicted molar refractivity (Wildman–Crippen MR) is 483 cm³/mol. The van der Waals surface area contributed by atoms with Crippen molar-refractivity contribution in [1.82, 2.24) is 19.6 Å². The molecule has 0 radical (unpaired) electrons. The first-order chi connectivity index (χ1) is 63.9. The van der Waals surface area contributed by atoms with Crippen LogP contribution in [0.25, 0.3) is 0 Å². The van der Waals surface area contributed by atoms with Crippen molar-refractivity contribution in [1.29, 1.82) is 0 Å². The molecule has 0 aliphatic carbocycles. The average molecular weight is 1780 g/mol. The second kappa shape index (κ2) is 44.7. The summed E-state index contributed by atoms with van der Waals surface area (Å²) in [6, 6.07) is 70.6. The van der Waals surface area contributed by atoms with Gasteiger partial charge in [-0.2, -0.15) is 40.9 Å². The van der Waals surface area contributed by atoms with Crippen LogP contribution >= 0.6 is 0 Å². The lowest BCUT2D eigenvalue weighted by molar-refractivity contribution is 0.100. The van der Waals surface area contributed by atoms with E-state index in [4.69, 9.17) is 37.9 Å². The maximum absolute atomic E-state index is 15.5. The van der Waals surface area contributed by atoms with Crippen LogP contribution in [0, 0.1) is 0 Å². The van der Waals surface area contributed by atoms with E-state index in [0.717, 1.165) is 19.6 Å². The molecular weight excluding hydrogens is 1700 g/mol. The molecule has 1 saturated heterocycles. The summed E-state index contributed by atoms with van der Waals surface area (Å²) in [5, 5.41) is 44.6. The molecule has 0 atom stereocenters. The zero-order valence-electron chi connectivity index (χ0n) is 70.9. The quantitative estimate of drug-likeness (QED) is 0.0189. The Bertz CT molecular complexity index is 5590. The van der Waals surface area contributed by atoms with Gasteiger partial charge < -0.3 is 78.8 Å². The molecule has 1 aliphatic heterocycles. The number of rotatable bonds is 24. The average Bonchev–Trinajstić information content (AvgIpc) is 0.821. The fourth-order valence-electron chi connectivity index (χ4n) is 12.3. The van der Waals surface area contributed by atoms with Crippen molar-refractivity contribution in [3.63, 3.8) is 0 Å². The molecular formula is C96H80N16O20. The Morgan fingerprint density at radius 3 is 0.545 bits per heavy atom. The number of anilines is 4. The molecule has 12 aromatic rings. The van der Waals surface area contributed by atoms with E-state index in [-0.39, 0.29) is 91.0 Å². The van der Waals surface area contributed by atoms with Gasteiger partial charge in [0.05, 0.1) is 68.2 Å². The summed E-state index contributed by atoms with van der Waals surface area (Å²) in [4.78, 5) is 174. The van der Waals surface area contributed by atoms with Crippen molar-refractivity contribution in [2.24, 2.45) is 40.9 Å². The minimum atomic E-state index is -1.29. The summed E-state index contributed by atoms with van der Waals surface area (Å²) >= 11 is 0. The topological polar surface area (TPSA) is 439 Å². The molecule has 0 unspecified atom stereocenters. The smallest absolute Gasteiger partial charge is 0.395 e. The van der Waals surface area contributed by atoms with E-state index in [1.54, 1.807) is 97.1 Å². The zero-order chi connectivity index (χ0) is 92.8. The number of Topliss-reactive ketones (excluding diaryl/α,β-unsaturated/α-hetero) is 4. The lowest BCUT2D eigenvalue weighted by atomic mass is 10.1. The maximum atomic E-state index is 15.5. The Morgan fingerprint density at radius 2 is 0.379 bits per heavy atom. The van der Waals surface area contributed by atoms with E-state index in [1.807, 2.05) is 24.3 Å². The van der Waals surface area contributed by atoms with Crippen LogP contribution < -0.4 is 59.2 Å². The molecule has 0 saturated carbocycles. The number of nitrogens with one attached hydrogen (secondary N) is 4. The molecule has 0 bridgehead atoms. The highest BCUT2D eigenvalue weighted by atomic mass is 16.7. The van der Waals surface area contributed by atoms with Gasteiger partial charge in [-0.05, 0) is 246 Å². The Balaban J connectivity index is 0.818. The fraction of sp³-hybridized carbons (Fsp3) is 0.125. The summed E-state index contributed by atoms with van der Waals surface area (Å²) in [7, 11) is 0. The van der Waals surface area contributed by atoms with Crippen LogP contribution in [0.5, 0.6) is 46.0 Å². The Kier molecular flexibility index (Phi) is 31.0. The van der Waals surface area contributed by atoms with Crippen molar-refractivity contribution < 1.29 is 95.4 Å². The second-order valence-corrected chi connectivity index (χ2v) is 28.7. The number of urea groups is 4. The minimum absolute atomic E-state index is 0.00934. The summed E-state index contributed by atoms with van der Waals surface area (Å²) in [6.07, 6.45) is -5.17. The SMILES string of the molecule is CC(=O)c1ccc(OC(=O)Oc2ccc(N=Nc3ccccc3)cc2)c(NC(=O)N2CCN(C(=O)Nc3cc(C(C)=O)ccc3OC(=O)Oc3ccc(N=Nc4ccccc4)cc3)CCN(C(=O)Nc3cc(C(C)=O)ccc3OC(=O)Oc3ccc(N=Nc4ccccc4)cc3)CCN(C(=O)Nc3cc(C(C)=O)ccc3OC(=O)Oc3ccc(N=Nc4ccccc4)cc3)CC2)c1. The van der Waals surface area contributed by atoms with Gasteiger partial charge in [0, 0.05) is 74.6 Å². The van der Waals surface area contributed by atoms with Crippen LogP contribution in [-0.4, -0.2) is 144 Å². The highest BCUT2D eigenvalue weighted by Gasteiger charge is 2.30. The Morgan fingerprint density at radius 1 is 0.212 bits per heavy atom. The lowest BCUT2D eigenvalue weighted by Crippen LogP contribution is -2.52. The van der Waals surface area contributed by atoms with Crippen LogP contribution in [0.4, 0.5) is 107 Å². The fourth-order valence-corrected chi connectivity index (χ4v) is 12.3. The molecule has 36 heteroatoms. The highest BCUT2D eigenvalue weighted by Crippen LogP contribution is 2.35. The van der Waals surface area contributed by atoms with Gasteiger partial charge in [-0.15, -0.1) is 0 Å². The van der Waals surface area contributed by atoms with E-state index in [9.17, 15) is 38.4 Å². The van der Waals surface area contributed by atoms with Gasteiger partial charge in [-0.25, -0.2) is 38.4 Å². The monoisotopic (exact) mass is 1780 g/mol. The lowest BCUT2D eigenvalue weighted by Gasteiger charge is -2.34. The number of ketones is 4. The van der Waals surface area contributed by atoms with Gasteiger partial charge in [-0.3, -0.25) is 19.2 Å². The Labute approximate surface area is 753 Å².